The van der Waals surface area contributed by atoms with E-state index in [2.05, 4.69) is 20.1 Å². The molecule has 2 aliphatic rings. The maximum atomic E-state index is 12.9. The van der Waals surface area contributed by atoms with Gasteiger partial charge in [0.15, 0.2) is 0 Å². The van der Waals surface area contributed by atoms with Crippen LogP contribution in [0.2, 0.25) is 10.0 Å². The van der Waals surface area contributed by atoms with Gasteiger partial charge in [0.25, 0.3) is 0 Å². The summed E-state index contributed by atoms with van der Waals surface area (Å²) < 4.78 is 19.0. The van der Waals surface area contributed by atoms with Gasteiger partial charge in [0.05, 0.1) is 54.0 Å². The highest BCUT2D eigenvalue weighted by atomic mass is 35.5. The minimum Gasteiger partial charge on any atom is -0.496 e. The number of benzene rings is 2. The maximum Gasteiger partial charge on any atom is 0.248 e. The van der Waals surface area contributed by atoms with Crippen LogP contribution in [0, 0.1) is 0 Å². The number of rotatable bonds is 9. The molecule has 0 atom stereocenters. The van der Waals surface area contributed by atoms with Gasteiger partial charge >= 0.3 is 0 Å². The first kappa shape index (κ1) is 32.1. The summed E-state index contributed by atoms with van der Waals surface area (Å²) in [6, 6.07) is 10.3. The highest BCUT2D eigenvalue weighted by molar-refractivity contribution is 6.41. The van der Waals surface area contributed by atoms with E-state index in [0.717, 1.165) is 54.4 Å². The van der Waals surface area contributed by atoms with E-state index in [4.69, 9.17) is 42.4 Å². The van der Waals surface area contributed by atoms with Crippen LogP contribution < -0.4 is 24.4 Å². The molecule has 1 saturated heterocycles. The number of methoxy groups -OCH3 is 3. The summed E-state index contributed by atoms with van der Waals surface area (Å²) in [7, 11) is 4.74. The first-order valence-electron chi connectivity index (χ1n) is 15.9. The molecular weight excluding hydrogens is 651 g/mol. The van der Waals surface area contributed by atoms with Gasteiger partial charge in [0.2, 0.25) is 5.91 Å². The predicted octanol–water partition coefficient (Wildman–Crippen LogP) is 7.35. The number of ether oxygens (including phenoxy) is 3. The van der Waals surface area contributed by atoms with E-state index in [-0.39, 0.29) is 5.91 Å². The van der Waals surface area contributed by atoms with E-state index in [1.165, 1.54) is 18.9 Å². The van der Waals surface area contributed by atoms with E-state index >= 15 is 0 Å². The van der Waals surface area contributed by atoms with Crippen molar-refractivity contribution in [1.82, 2.24) is 19.3 Å². The smallest absolute Gasteiger partial charge is 0.248 e. The Hall–Kier alpha value is -4.51. The SMILES string of the molecule is C/C=C\C(=O)Nc1cc(-c2cc3c(cn2)cc(-c2c(Cl)c(OC)cc(OC)c2Cl)c2nccn23)c(OC)cc1N1CCN(C2CC2)CC1. The molecule has 0 radical (unpaired) electrons. The van der Waals surface area contributed by atoms with Gasteiger partial charge in [-0.2, -0.15) is 0 Å². The number of anilines is 2. The van der Waals surface area contributed by atoms with Crippen LogP contribution in [-0.4, -0.2) is 78.7 Å². The summed E-state index contributed by atoms with van der Waals surface area (Å²) in [6.07, 6.45) is 11.2. The van der Waals surface area contributed by atoms with Crippen LogP contribution in [0.1, 0.15) is 19.8 Å². The number of nitrogens with one attached hydrogen (secondary N) is 1. The van der Waals surface area contributed by atoms with Gasteiger partial charge in [-0.25, -0.2) is 4.98 Å². The second-order valence-electron chi connectivity index (χ2n) is 11.9. The Bertz CT molecular complexity index is 2040. The number of imidazole rings is 1. The first-order valence-corrected chi connectivity index (χ1v) is 16.6. The molecule has 4 heterocycles. The number of pyridine rings is 2. The second kappa shape index (κ2) is 13.2. The van der Waals surface area contributed by atoms with Crippen LogP contribution in [0.4, 0.5) is 11.4 Å². The molecule has 48 heavy (non-hydrogen) atoms. The van der Waals surface area contributed by atoms with Crippen molar-refractivity contribution in [2.75, 3.05) is 57.7 Å². The molecule has 248 valence electrons. The third-order valence-electron chi connectivity index (χ3n) is 9.08. The van der Waals surface area contributed by atoms with Crippen molar-refractivity contribution in [2.45, 2.75) is 25.8 Å². The number of fused-ring (bicyclic) bond motifs is 3. The van der Waals surface area contributed by atoms with Gasteiger partial charge in [-0.1, -0.05) is 29.3 Å². The molecule has 1 saturated carbocycles. The summed E-state index contributed by atoms with van der Waals surface area (Å²) >= 11 is 13.7. The van der Waals surface area contributed by atoms with Crippen molar-refractivity contribution in [3.05, 3.63) is 71.1 Å². The van der Waals surface area contributed by atoms with Crippen molar-refractivity contribution >= 4 is 57.0 Å². The second-order valence-corrected chi connectivity index (χ2v) is 12.7. The standard InChI is InChI=1S/C36H36Cl2N6O4/c1-5-6-32(45)41-26-16-23(29(46-2)18-28(26)43-13-11-42(12-14-43)22-7-8-22)25-17-27-21(20-40-25)15-24(36-39-9-10-44(27)36)33-34(37)30(47-3)19-31(48-4)35(33)38/h5-6,9-10,15-20,22H,7-8,11-14H2,1-4H3,(H,41,45)/b6-5-. The molecule has 0 spiro atoms. The van der Waals surface area contributed by atoms with Gasteiger partial charge in [-0.05, 0) is 44.0 Å². The minimum absolute atomic E-state index is 0.197. The normalized spacial score (nSPS) is 15.4. The first-order chi connectivity index (χ1) is 23.3. The highest BCUT2D eigenvalue weighted by Crippen LogP contribution is 2.48. The van der Waals surface area contributed by atoms with Crippen LogP contribution in [-0.2, 0) is 4.79 Å². The Labute approximate surface area is 288 Å². The van der Waals surface area contributed by atoms with Gasteiger partial charge in [0, 0.05) is 85.0 Å². The topological polar surface area (TPSA) is 93.5 Å². The van der Waals surface area contributed by atoms with E-state index in [1.54, 1.807) is 45.9 Å². The highest BCUT2D eigenvalue weighted by Gasteiger charge is 2.32. The van der Waals surface area contributed by atoms with Gasteiger partial charge in [0.1, 0.15) is 22.9 Å². The third kappa shape index (κ3) is 5.78. The average molecular weight is 688 g/mol. The molecule has 0 bridgehead atoms. The quantitative estimate of drug-likeness (QED) is 0.161. The number of allylic oxidation sites excluding steroid dienone is 1. The molecule has 1 amide bonds. The molecule has 1 aliphatic carbocycles. The summed E-state index contributed by atoms with van der Waals surface area (Å²) in [5, 5.41) is 4.64. The summed E-state index contributed by atoms with van der Waals surface area (Å²) in [6.45, 7) is 5.54. The van der Waals surface area contributed by atoms with Crippen LogP contribution in [0.3, 0.4) is 0 Å². The Morgan fingerprint density at radius 2 is 1.60 bits per heavy atom. The van der Waals surface area contributed by atoms with Crippen LogP contribution >= 0.6 is 23.2 Å². The fourth-order valence-electron chi connectivity index (χ4n) is 6.54. The molecule has 7 rings (SSSR count). The molecule has 1 aliphatic heterocycles. The maximum absolute atomic E-state index is 12.9. The lowest BCUT2D eigenvalue weighted by molar-refractivity contribution is -0.111. The van der Waals surface area contributed by atoms with Gasteiger partial charge < -0.3 is 24.4 Å². The molecule has 3 aromatic heterocycles. The summed E-state index contributed by atoms with van der Waals surface area (Å²) in [4.78, 5) is 27.3. The monoisotopic (exact) mass is 686 g/mol. The lowest BCUT2D eigenvalue weighted by atomic mass is 10.0. The lowest BCUT2D eigenvalue weighted by Crippen LogP contribution is -2.47. The zero-order valence-electron chi connectivity index (χ0n) is 27.2. The summed E-state index contributed by atoms with van der Waals surface area (Å²) in [5.41, 5.74) is 5.81. The Morgan fingerprint density at radius 3 is 2.25 bits per heavy atom. The van der Waals surface area contributed by atoms with E-state index < -0.39 is 0 Å². The van der Waals surface area contributed by atoms with Crippen molar-refractivity contribution in [3.63, 3.8) is 0 Å². The Balaban J connectivity index is 1.34. The molecule has 1 N–H and O–H groups in total. The number of amides is 1. The average Bonchev–Trinajstić information content (AvgIpc) is 3.83. The molecule has 12 heteroatoms. The van der Waals surface area contributed by atoms with Crippen LogP contribution in [0.25, 0.3) is 38.9 Å². The fraction of sp³-hybridized carbons (Fsp3) is 0.306. The number of piperazine rings is 1. The zero-order valence-corrected chi connectivity index (χ0v) is 28.7. The minimum atomic E-state index is -0.197. The van der Waals surface area contributed by atoms with E-state index in [0.29, 0.717) is 55.4 Å². The van der Waals surface area contributed by atoms with Crippen LogP contribution in [0.15, 0.2) is 61.1 Å². The summed E-state index contributed by atoms with van der Waals surface area (Å²) in [5.74, 6) is 1.33. The molecule has 5 aromatic rings. The number of aromatic nitrogens is 3. The van der Waals surface area contributed by atoms with Crippen molar-refractivity contribution < 1.29 is 19.0 Å². The van der Waals surface area contributed by atoms with Crippen LogP contribution in [0.5, 0.6) is 17.2 Å². The molecular formula is C36H36Cl2N6O4. The molecule has 2 fully saturated rings. The molecule has 0 unspecified atom stereocenters. The lowest BCUT2D eigenvalue weighted by Gasteiger charge is -2.37. The number of hydrogen-bond acceptors (Lipinski definition) is 8. The van der Waals surface area contributed by atoms with Gasteiger partial charge in [-0.3, -0.25) is 19.1 Å². The number of hydrogen-bond donors (Lipinski definition) is 1. The van der Waals surface area contributed by atoms with Crippen molar-refractivity contribution in [2.24, 2.45) is 0 Å². The molecule has 2 aromatic carbocycles. The zero-order chi connectivity index (χ0) is 33.5. The fourth-order valence-corrected chi connectivity index (χ4v) is 7.24. The number of nitrogens with zero attached hydrogens (tertiary/aromatic N) is 5. The Kier molecular flexibility index (Phi) is 8.80. The van der Waals surface area contributed by atoms with Crippen molar-refractivity contribution in [1.29, 1.82) is 0 Å². The number of carbonyl (C=O) groups excluding carboxylic acids is 1. The Morgan fingerprint density at radius 1 is 0.896 bits per heavy atom. The number of carbonyl (C=O) groups is 1. The molecule has 10 nitrogen and oxygen atoms in total. The number of halogens is 2. The van der Waals surface area contributed by atoms with Gasteiger partial charge in [-0.15, -0.1) is 0 Å². The van der Waals surface area contributed by atoms with E-state index in [1.807, 2.05) is 41.8 Å². The largest absolute Gasteiger partial charge is 0.496 e. The third-order valence-corrected chi connectivity index (χ3v) is 9.83. The van der Waals surface area contributed by atoms with Crippen molar-refractivity contribution in [3.8, 4) is 39.6 Å². The van der Waals surface area contributed by atoms with E-state index in [9.17, 15) is 4.79 Å². The predicted molar refractivity (Wildman–Crippen MR) is 191 cm³/mol.